The normalized spacial score (nSPS) is 10.2. The maximum atomic E-state index is 12.9. The summed E-state index contributed by atoms with van der Waals surface area (Å²) >= 11 is 1.31. The minimum Gasteiger partial charge on any atom is -0.497 e. The number of nitrogens with zero attached hydrogens (tertiary/aromatic N) is 1. The Morgan fingerprint density at radius 2 is 1.73 bits per heavy atom. The molecule has 1 aromatic heterocycles. The molecule has 2 aromatic carbocycles. The van der Waals surface area contributed by atoms with Crippen LogP contribution in [0, 0.1) is 25.2 Å². The molecule has 1 N–H and O–H groups in total. The smallest absolute Gasteiger partial charge is 0.203 e. The number of thiophene rings is 1. The van der Waals surface area contributed by atoms with Gasteiger partial charge in [0.05, 0.1) is 17.6 Å². The van der Waals surface area contributed by atoms with E-state index < -0.39 is 0 Å². The Morgan fingerprint density at radius 3 is 2.31 bits per heavy atom. The SMILES string of the molecule is COc1ccc(Nc2sc(C(=O)c3ccc(C)cc3)c(C)c2C#N)cc1. The molecule has 0 atom stereocenters. The molecule has 0 radical (unpaired) electrons. The summed E-state index contributed by atoms with van der Waals surface area (Å²) in [5, 5.41) is 13.5. The molecule has 26 heavy (non-hydrogen) atoms. The maximum Gasteiger partial charge on any atom is 0.203 e. The number of aryl methyl sites for hydroxylation is 1. The summed E-state index contributed by atoms with van der Waals surface area (Å²) < 4.78 is 5.15. The largest absolute Gasteiger partial charge is 0.497 e. The molecule has 0 aliphatic rings. The third kappa shape index (κ3) is 3.46. The summed E-state index contributed by atoms with van der Waals surface area (Å²) in [5.41, 5.74) is 3.77. The molecule has 0 saturated carbocycles. The molecule has 0 bridgehead atoms. The number of ketones is 1. The molecule has 4 nitrogen and oxygen atoms in total. The molecule has 0 aliphatic carbocycles. The number of nitrogens with one attached hydrogen (secondary N) is 1. The van der Waals surface area contributed by atoms with Crippen LogP contribution in [0.25, 0.3) is 0 Å². The molecule has 3 aromatic rings. The van der Waals surface area contributed by atoms with Crippen molar-refractivity contribution in [3.05, 3.63) is 75.7 Å². The van der Waals surface area contributed by atoms with Crippen LogP contribution in [0.1, 0.15) is 31.9 Å². The van der Waals surface area contributed by atoms with Gasteiger partial charge >= 0.3 is 0 Å². The first-order valence-corrected chi connectivity index (χ1v) is 8.91. The van der Waals surface area contributed by atoms with Gasteiger partial charge in [0.2, 0.25) is 5.78 Å². The van der Waals surface area contributed by atoms with Crippen molar-refractivity contribution in [2.24, 2.45) is 0 Å². The Morgan fingerprint density at radius 1 is 1.08 bits per heavy atom. The lowest BCUT2D eigenvalue weighted by Crippen LogP contribution is -2.00. The molecular formula is C21H18N2O2S. The molecule has 0 amide bonds. The highest BCUT2D eigenvalue weighted by atomic mass is 32.1. The number of nitriles is 1. The monoisotopic (exact) mass is 362 g/mol. The lowest BCUT2D eigenvalue weighted by atomic mass is 10.0. The lowest BCUT2D eigenvalue weighted by Gasteiger charge is -2.05. The molecule has 0 unspecified atom stereocenters. The first-order valence-electron chi connectivity index (χ1n) is 8.09. The van der Waals surface area contributed by atoms with Gasteiger partial charge < -0.3 is 10.1 Å². The molecule has 130 valence electrons. The van der Waals surface area contributed by atoms with Crippen molar-refractivity contribution in [1.82, 2.24) is 0 Å². The number of anilines is 2. The van der Waals surface area contributed by atoms with Crippen LogP contribution in [0.3, 0.4) is 0 Å². The highest BCUT2D eigenvalue weighted by Crippen LogP contribution is 2.36. The van der Waals surface area contributed by atoms with Crippen molar-refractivity contribution >= 4 is 27.8 Å². The van der Waals surface area contributed by atoms with E-state index in [-0.39, 0.29) is 5.78 Å². The van der Waals surface area contributed by atoms with E-state index >= 15 is 0 Å². The predicted molar refractivity (Wildman–Crippen MR) is 105 cm³/mol. The van der Waals surface area contributed by atoms with E-state index in [1.807, 2.05) is 62.4 Å². The number of ether oxygens (including phenoxy) is 1. The fraction of sp³-hybridized carbons (Fsp3) is 0.143. The maximum absolute atomic E-state index is 12.9. The van der Waals surface area contributed by atoms with Crippen molar-refractivity contribution in [3.63, 3.8) is 0 Å². The molecule has 0 saturated heterocycles. The molecule has 3 rings (SSSR count). The number of hydrogen-bond acceptors (Lipinski definition) is 5. The van der Waals surface area contributed by atoms with E-state index in [1.165, 1.54) is 11.3 Å². The summed E-state index contributed by atoms with van der Waals surface area (Å²) in [5.74, 6) is 0.695. The topological polar surface area (TPSA) is 62.1 Å². The van der Waals surface area contributed by atoms with E-state index in [1.54, 1.807) is 7.11 Å². The zero-order valence-electron chi connectivity index (χ0n) is 14.8. The molecule has 0 fully saturated rings. The van der Waals surface area contributed by atoms with E-state index in [2.05, 4.69) is 11.4 Å². The second kappa shape index (κ2) is 7.42. The Labute approximate surface area is 156 Å². The van der Waals surface area contributed by atoms with Gasteiger partial charge in [0.25, 0.3) is 0 Å². The van der Waals surface area contributed by atoms with Gasteiger partial charge in [-0.05, 0) is 43.7 Å². The fourth-order valence-electron chi connectivity index (χ4n) is 2.59. The molecule has 5 heteroatoms. The van der Waals surface area contributed by atoms with Gasteiger partial charge in [-0.3, -0.25) is 4.79 Å². The summed E-state index contributed by atoms with van der Waals surface area (Å²) in [7, 11) is 1.61. The third-order valence-electron chi connectivity index (χ3n) is 4.13. The van der Waals surface area contributed by atoms with Crippen LogP contribution < -0.4 is 10.1 Å². The number of hydrogen-bond donors (Lipinski definition) is 1. The predicted octanol–water partition coefficient (Wildman–Crippen LogP) is 5.22. The number of carbonyl (C=O) groups excluding carboxylic acids is 1. The second-order valence-corrected chi connectivity index (χ2v) is 6.94. The van der Waals surface area contributed by atoms with Gasteiger partial charge in [-0.2, -0.15) is 5.26 Å². The van der Waals surface area contributed by atoms with Gasteiger partial charge in [0.1, 0.15) is 16.8 Å². The highest BCUT2D eigenvalue weighted by Gasteiger charge is 2.21. The Hall–Kier alpha value is -3.10. The van der Waals surface area contributed by atoms with Crippen molar-refractivity contribution in [3.8, 4) is 11.8 Å². The Balaban J connectivity index is 1.94. The van der Waals surface area contributed by atoms with Crippen LogP contribution in [0.2, 0.25) is 0 Å². The van der Waals surface area contributed by atoms with Crippen LogP contribution >= 0.6 is 11.3 Å². The number of methoxy groups -OCH3 is 1. The molecule has 0 aliphatic heterocycles. The standard InChI is InChI=1S/C21H18N2O2S/c1-13-4-6-15(7-5-13)19(24)20-14(2)18(12-22)21(26-20)23-16-8-10-17(25-3)11-9-16/h4-11,23H,1-3H3. The number of carbonyl (C=O) groups is 1. The Bertz CT molecular complexity index is 981. The first-order chi connectivity index (χ1) is 12.5. The van der Waals surface area contributed by atoms with Crippen LogP contribution in [0.4, 0.5) is 10.7 Å². The summed E-state index contributed by atoms with van der Waals surface area (Å²) in [6, 6.07) is 17.1. The number of rotatable bonds is 5. The number of benzene rings is 2. The highest BCUT2D eigenvalue weighted by molar-refractivity contribution is 7.18. The molecule has 1 heterocycles. The summed E-state index contributed by atoms with van der Waals surface area (Å²) in [6.45, 7) is 3.80. The van der Waals surface area contributed by atoms with Crippen molar-refractivity contribution < 1.29 is 9.53 Å². The fourth-order valence-corrected chi connectivity index (χ4v) is 3.73. The van der Waals surface area contributed by atoms with Crippen LogP contribution in [-0.2, 0) is 0 Å². The average Bonchev–Trinajstić information content (AvgIpc) is 2.97. The Kier molecular flexibility index (Phi) is 5.06. The van der Waals surface area contributed by atoms with Crippen LogP contribution in [0.15, 0.2) is 48.5 Å². The lowest BCUT2D eigenvalue weighted by molar-refractivity contribution is 0.104. The van der Waals surface area contributed by atoms with Gasteiger partial charge in [-0.25, -0.2) is 0 Å². The molecule has 0 spiro atoms. The minimum absolute atomic E-state index is 0.0632. The van der Waals surface area contributed by atoms with Crippen LogP contribution in [-0.4, -0.2) is 12.9 Å². The van der Waals surface area contributed by atoms with Crippen LogP contribution in [0.5, 0.6) is 5.75 Å². The van der Waals surface area contributed by atoms with Gasteiger partial charge in [-0.1, -0.05) is 29.8 Å². The zero-order chi connectivity index (χ0) is 18.7. The minimum atomic E-state index is -0.0632. The quantitative estimate of drug-likeness (QED) is 0.632. The summed E-state index contributed by atoms with van der Waals surface area (Å²) in [4.78, 5) is 13.4. The van der Waals surface area contributed by atoms with E-state index in [0.717, 1.165) is 17.0 Å². The first kappa shape index (κ1) is 17.7. The van der Waals surface area contributed by atoms with Gasteiger partial charge in [0, 0.05) is 11.3 Å². The van der Waals surface area contributed by atoms with Crippen molar-refractivity contribution in [1.29, 1.82) is 5.26 Å². The third-order valence-corrected chi connectivity index (χ3v) is 5.33. The van der Waals surface area contributed by atoms with Gasteiger partial charge in [-0.15, -0.1) is 11.3 Å². The zero-order valence-corrected chi connectivity index (χ0v) is 15.6. The van der Waals surface area contributed by atoms with E-state index in [9.17, 15) is 10.1 Å². The second-order valence-electron chi connectivity index (χ2n) is 5.92. The van der Waals surface area contributed by atoms with E-state index in [4.69, 9.17) is 4.74 Å². The summed E-state index contributed by atoms with van der Waals surface area (Å²) in [6.07, 6.45) is 0. The van der Waals surface area contributed by atoms with Crippen molar-refractivity contribution in [2.75, 3.05) is 12.4 Å². The molecular weight excluding hydrogens is 344 g/mol. The van der Waals surface area contributed by atoms with Gasteiger partial charge in [0.15, 0.2) is 0 Å². The van der Waals surface area contributed by atoms with E-state index in [0.29, 0.717) is 26.6 Å². The average molecular weight is 362 g/mol. The van der Waals surface area contributed by atoms with Crippen molar-refractivity contribution in [2.45, 2.75) is 13.8 Å².